The number of anilines is 1. The Morgan fingerprint density at radius 2 is 1.56 bits per heavy atom. The minimum Gasteiger partial charge on any atom is -0.493 e. The highest BCUT2D eigenvalue weighted by Gasteiger charge is 2.31. The molecule has 0 spiro atoms. The number of nitrogens with one attached hydrogen (secondary N) is 1. The molecule has 0 bridgehead atoms. The number of aromatic nitrogens is 1. The van der Waals surface area contributed by atoms with Crippen LogP contribution in [0.5, 0.6) is 17.2 Å². The molecule has 1 saturated heterocycles. The van der Waals surface area contributed by atoms with Crippen LogP contribution in [-0.2, 0) is 6.54 Å². The molecular weight excluding hydrogens is 564 g/mol. The molecule has 2 heterocycles. The average Bonchev–Trinajstić information content (AvgIpc) is 3.10. The first kappa shape index (κ1) is 32.0. The number of thiazole rings is 1. The molecular formula is C22H28Cl3F3N4O3S. The summed E-state index contributed by atoms with van der Waals surface area (Å²) in [4.78, 5) is 4.93. The van der Waals surface area contributed by atoms with Gasteiger partial charge in [-0.15, -0.1) is 50.4 Å². The van der Waals surface area contributed by atoms with Crippen LogP contribution < -0.4 is 23.9 Å². The molecule has 3 aromatic rings. The van der Waals surface area contributed by atoms with E-state index in [0.29, 0.717) is 27.5 Å². The van der Waals surface area contributed by atoms with Crippen molar-refractivity contribution < 1.29 is 27.4 Å². The maximum Gasteiger partial charge on any atom is 0.573 e. The van der Waals surface area contributed by atoms with Crippen molar-refractivity contribution in [3.8, 4) is 17.2 Å². The Hall–Kier alpha value is -2.05. The van der Waals surface area contributed by atoms with Gasteiger partial charge >= 0.3 is 6.36 Å². The first-order chi connectivity index (χ1) is 15.8. The van der Waals surface area contributed by atoms with E-state index in [9.17, 15) is 13.2 Å². The quantitative estimate of drug-likeness (QED) is 0.410. The normalized spacial score (nSPS) is 13.9. The van der Waals surface area contributed by atoms with E-state index < -0.39 is 6.36 Å². The van der Waals surface area contributed by atoms with Crippen molar-refractivity contribution in [1.82, 2.24) is 9.47 Å². The Bertz CT molecular complexity index is 1180. The van der Waals surface area contributed by atoms with Crippen LogP contribution in [0, 0.1) is 5.41 Å². The predicted octanol–water partition coefficient (Wildman–Crippen LogP) is 5.19. The number of fused-ring (bicyclic) bond motifs is 1. The number of ether oxygens (including phenoxy) is 3. The number of halogens is 6. The lowest BCUT2D eigenvalue weighted by Crippen LogP contribution is -2.47. The van der Waals surface area contributed by atoms with Crippen molar-refractivity contribution in [2.45, 2.75) is 12.9 Å². The highest BCUT2D eigenvalue weighted by molar-refractivity contribution is 7.16. The van der Waals surface area contributed by atoms with Crippen LogP contribution in [0.15, 0.2) is 36.4 Å². The topological polar surface area (TPSA) is 63.0 Å². The molecule has 202 valence electrons. The molecule has 0 radical (unpaired) electrons. The molecule has 4 rings (SSSR count). The van der Waals surface area contributed by atoms with Crippen LogP contribution in [0.2, 0.25) is 0 Å². The lowest BCUT2D eigenvalue weighted by Gasteiger charge is -2.36. The molecule has 0 amide bonds. The molecule has 0 unspecified atom stereocenters. The van der Waals surface area contributed by atoms with E-state index in [-0.39, 0.29) is 43.0 Å². The summed E-state index contributed by atoms with van der Waals surface area (Å²) in [5.41, 5.74) is 1.82. The summed E-state index contributed by atoms with van der Waals surface area (Å²) >= 11 is 1.14. The van der Waals surface area contributed by atoms with Crippen LogP contribution >= 0.6 is 48.6 Å². The Kier molecular flexibility index (Phi) is 12.0. The Balaban J connectivity index is 0.00000216. The highest BCUT2D eigenvalue weighted by Crippen LogP contribution is 2.32. The van der Waals surface area contributed by atoms with Gasteiger partial charge in [0, 0.05) is 51.0 Å². The van der Waals surface area contributed by atoms with Gasteiger partial charge in [-0.1, -0.05) is 11.3 Å². The number of benzene rings is 2. The summed E-state index contributed by atoms with van der Waals surface area (Å²) in [5.74, 6) is 1.13. The monoisotopic (exact) mass is 590 g/mol. The second-order valence-corrected chi connectivity index (χ2v) is 8.63. The minimum atomic E-state index is -4.73. The molecule has 0 aliphatic carbocycles. The number of rotatable bonds is 7. The third-order valence-electron chi connectivity index (χ3n) is 5.65. The third kappa shape index (κ3) is 7.48. The minimum absolute atomic E-state index is 0. The zero-order valence-corrected chi connectivity index (χ0v) is 22.8. The van der Waals surface area contributed by atoms with Crippen molar-refractivity contribution in [1.29, 1.82) is 5.41 Å². The summed E-state index contributed by atoms with van der Waals surface area (Å²) in [7, 11) is 3.23. The van der Waals surface area contributed by atoms with Crippen LogP contribution in [0.3, 0.4) is 0 Å². The molecule has 1 fully saturated rings. The van der Waals surface area contributed by atoms with Gasteiger partial charge in [0.1, 0.15) is 5.75 Å². The maximum absolute atomic E-state index is 12.5. The number of nitrogens with zero attached hydrogens (tertiary/aromatic N) is 3. The zero-order chi connectivity index (χ0) is 23.6. The van der Waals surface area contributed by atoms with E-state index >= 15 is 0 Å². The second-order valence-electron chi connectivity index (χ2n) is 7.60. The number of alkyl halides is 3. The van der Waals surface area contributed by atoms with E-state index in [0.717, 1.165) is 55.3 Å². The van der Waals surface area contributed by atoms with Gasteiger partial charge in [0.25, 0.3) is 0 Å². The second kappa shape index (κ2) is 13.5. The molecule has 14 heteroatoms. The molecule has 1 aliphatic heterocycles. The van der Waals surface area contributed by atoms with Crippen LogP contribution in [0.1, 0.15) is 0 Å². The predicted molar refractivity (Wildman–Crippen MR) is 142 cm³/mol. The van der Waals surface area contributed by atoms with Gasteiger partial charge in [-0.25, -0.2) is 0 Å². The summed E-state index contributed by atoms with van der Waals surface area (Å²) in [6.07, 6.45) is -4.73. The molecule has 2 aromatic carbocycles. The van der Waals surface area contributed by atoms with Crippen LogP contribution in [0.4, 0.5) is 18.9 Å². The first-order valence-corrected chi connectivity index (χ1v) is 11.2. The third-order valence-corrected chi connectivity index (χ3v) is 6.61. The Labute approximate surface area is 229 Å². The molecule has 1 aliphatic rings. The number of hydrogen-bond donors (Lipinski definition) is 1. The van der Waals surface area contributed by atoms with E-state index in [1.165, 1.54) is 12.1 Å². The Morgan fingerprint density at radius 1 is 0.889 bits per heavy atom. The Morgan fingerprint density at radius 3 is 2.17 bits per heavy atom. The number of methoxy groups -OCH3 is 2. The SMILES string of the molecule is COc1ccc(N2CCN(CCn3c(=N)sc4cc(OC(F)(F)F)ccc43)CC2)cc1OC.Cl.Cl.Cl. The number of hydrogen-bond acceptors (Lipinski definition) is 7. The lowest BCUT2D eigenvalue weighted by atomic mass is 10.2. The van der Waals surface area contributed by atoms with Crippen molar-refractivity contribution >= 4 is 64.5 Å². The van der Waals surface area contributed by atoms with Crippen molar-refractivity contribution in [2.75, 3.05) is 51.8 Å². The van der Waals surface area contributed by atoms with Crippen molar-refractivity contribution in [3.63, 3.8) is 0 Å². The lowest BCUT2D eigenvalue weighted by molar-refractivity contribution is -0.274. The van der Waals surface area contributed by atoms with Gasteiger partial charge < -0.3 is 23.7 Å². The fraction of sp³-hybridized carbons (Fsp3) is 0.409. The summed E-state index contributed by atoms with van der Waals surface area (Å²) in [6.45, 7) is 4.80. The van der Waals surface area contributed by atoms with Gasteiger partial charge in [0.05, 0.1) is 24.4 Å². The summed E-state index contributed by atoms with van der Waals surface area (Å²) in [5, 5.41) is 8.25. The van der Waals surface area contributed by atoms with Gasteiger partial charge in [-0.2, -0.15) is 0 Å². The van der Waals surface area contributed by atoms with Gasteiger partial charge in [-0.3, -0.25) is 10.3 Å². The van der Waals surface area contributed by atoms with E-state index in [1.54, 1.807) is 20.3 Å². The fourth-order valence-electron chi connectivity index (χ4n) is 3.98. The van der Waals surface area contributed by atoms with E-state index in [1.807, 2.05) is 22.8 Å². The van der Waals surface area contributed by atoms with Gasteiger partial charge in [0.2, 0.25) is 0 Å². The molecule has 0 saturated carbocycles. The van der Waals surface area contributed by atoms with Crippen LogP contribution in [-0.4, -0.2) is 62.8 Å². The molecule has 1 aromatic heterocycles. The van der Waals surface area contributed by atoms with Crippen molar-refractivity contribution in [2.24, 2.45) is 0 Å². The van der Waals surface area contributed by atoms with E-state index in [4.69, 9.17) is 14.9 Å². The first-order valence-electron chi connectivity index (χ1n) is 10.4. The maximum atomic E-state index is 12.5. The van der Waals surface area contributed by atoms with E-state index in [2.05, 4.69) is 14.5 Å². The largest absolute Gasteiger partial charge is 0.573 e. The smallest absolute Gasteiger partial charge is 0.493 e. The fourth-order valence-corrected chi connectivity index (χ4v) is 4.95. The molecule has 7 nitrogen and oxygen atoms in total. The standard InChI is InChI=1S/C22H25F3N4O3S.3ClH/c1-30-18-6-3-15(13-19(18)31-2)28-10-7-27(8-11-28)9-12-29-17-5-4-16(32-22(23,24)25)14-20(17)33-21(29)26;;;/h3-6,13-14,26H,7-12H2,1-2H3;3*1H. The zero-order valence-electron chi connectivity index (χ0n) is 19.5. The molecule has 1 N–H and O–H groups in total. The van der Waals surface area contributed by atoms with Gasteiger partial charge in [0.15, 0.2) is 16.3 Å². The van der Waals surface area contributed by atoms with Crippen LogP contribution in [0.25, 0.3) is 10.2 Å². The van der Waals surface area contributed by atoms with Crippen molar-refractivity contribution in [3.05, 3.63) is 41.2 Å². The highest BCUT2D eigenvalue weighted by atomic mass is 35.5. The molecule has 36 heavy (non-hydrogen) atoms. The molecule has 0 atom stereocenters. The number of piperazine rings is 1. The van der Waals surface area contributed by atoms with Gasteiger partial charge in [-0.05, 0) is 30.3 Å². The average molecular weight is 592 g/mol. The summed E-state index contributed by atoms with van der Waals surface area (Å²) in [6, 6.07) is 10.1. The summed E-state index contributed by atoms with van der Waals surface area (Å²) < 4.78 is 54.6.